The Morgan fingerprint density at radius 2 is 2.08 bits per heavy atom. The van der Waals surface area contributed by atoms with E-state index in [2.05, 4.69) is 0 Å². The van der Waals surface area contributed by atoms with E-state index in [1.807, 2.05) is 19.2 Å². The summed E-state index contributed by atoms with van der Waals surface area (Å²) < 4.78 is 18.1. The summed E-state index contributed by atoms with van der Waals surface area (Å²) in [5.74, 6) is 0.0506. The van der Waals surface area contributed by atoms with Gasteiger partial charge in [0.15, 0.2) is 11.6 Å². The fourth-order valence-corrected chi connectivity index (χ4v) is 1.59. The molecule has 0 radical (unpaired) electrons. The molecule has 0 amide bonds. The van der Waals surface area contributed by atoms with E-state index in [1.54, 1.807) is 0 Å². The second kappa shape index (κ2) is 3.81. The molecule has 1 aromatic carbocycles. The largest absolute Gasteiger partial charge is 0.493 e. The normalized spacial score (nSPS) is 10.0. The summed E-state index contributed by atoms with van der Waals surface area (Å²) in [5, 5.41) is 0. The van der Waals surface area contributed by atoms with Crippen molar-refractivity contribution < 1.29 is 9.13 Å². The standard InChI is InChI=1S/C9H11FOS/c1-6-4-7(12-3)5-8(10)9(6)11-2/h4-5H,1-3H3. The second-order valence-corrected chi connectivity index (χ2v) is 3.34. The summed E-state index contributed by atoms with van der Waals surface area (Å²) in [6.07, 6.45) is 1.92. The minimum atomic E-state index is -0.290. The van der Waals surface area contributed by atoms with Crippen molar-refractivity contribution in [2.75, 3.05) is 13.4 Å². The molecule has 0 spiro atoms. The minimum Gasteiger partial charge on any atom is -0.493 e. The molecule has 0 N–H and O–H groups in total. The van der Waals surface area contributed by atoms with E-state index >= 15 is 0 Å². The summed E-state index contributed by atoms with van der Waals surface area (Å²) in [4.78, 5) is 0.922. The molecule has 1 nitrogen and oxygen atoms in total. The average Bonchev–Trinajstić information content (AvgIpc) is 2.03. The zero-order valence-corrected chi connectivity index (χ0v) is 8.17. The predicted molar refractivity (Wildman–Crippen MR) is 49.5 cm³/mol. The van der Waals surface area contributed by atoms with Crippen LogP contribution in [0.3, 0.4) is 0 Å². The van der Waals surface area contributed by atoms with Crippen molar-refractivity contribution in [2.24, 2.45) is 0 Å². The number of ether oxygens (including phenoxy) is 1. The molecule has 0 aliphatic carbocycles. The lowest BCUT2D eigenvalue weighted by Gasteiger charge is -2.06. The lowest BCUT2D eigenvalue weighted by atomic mass is 10.2. The third-order valence-corrected chi connectivity index (χ3v) is 2.35. The molecule has 0 bridgehead atoms. The number of benzene rings is 1. The molecule has 66 valence electrons. The Kier molecular flexibility index (Phi) is 2.98. The van der Waals surface area contributed by atoms with E-state index in [-0.39, 0.29) is 5.82 Å². The summed E-state index contributed by atoms with van der Waals surface area (Å²) in [6, 6.07) is 3.39. The van der Waals surface area contributed by atoms with Crippen molar-refractivity contribution in [1.82, 2.24) is 0 Å². The highest BCUT2D eigenvalue weighted by Gasteiger charge is 2.06. The Bertz CT molecular complexity index is 263. The predicted octanol–water partition coefficient (Wildman–Crippen LogP) is 2.86. The molecule has 1 rings (SSSR count). The number of rotatable bonds is 2. The Morgan fingerprint density at radius 1 is 1.42 bits per heavy atom. The van der Waals surface area contributed by atoms with Gasteiger partial charge in [-0.15, -0.1) is 11.8 Å². The Balaban J connectivity index is 3.18. The monoisotopic (exact) mass is 186 g/mol. The van der Waals surface area contributed by atoms with Crippen LogP contribution in [0.5, 0.6) is 5.75 Å². The molecule has 0 saturated heterocycles. The Morgan fingerprint density at radius 3 is 2.50 bits per heavy atom. The topological polar surface area (TPSA) is 9.23 Å². The molecule has 0 unspecified atom stereocenters. The van der Waals surface area contributed by atoms with Gasteiger partial charge in [-0.25, -0.2) is 4.39 Å². The van der Waals surface area contributed by atoms with Crippen molar-refractivity contribution in [3.63, 3.8) is 0 Å². The van der Waals surface area contributed by atoms with Crippen LogP contribution in [-0.4, -0.2) is 13.4 Å². The zero-order chi connectivity index (χ0) is 9.14. The van der Waals surface area contributed by atoms with Gasteiger partial charge in [0.25, 0.3) is 0 Å². The first-order valence-corrected chi connectivity index (χ1v) is 4.79. The first-order chi connectivity index (χ1) is 5.69. The quantitative estimate of drug-likeness (QED) is 0.657. The summed E-state index contributed by atoms with van der Waals surface area (Å²) in [7, 11) is 1.48. The van der Waals surface area contributed by atoms with E-state index in [0.29, 0.717) is 5.75 Å². The maximum absolute atomic E-state index is 13.2. The van der Waals surface area contributed by atoms with Gasteiger partial charge >= 0.3 is 0 Å². The van der Waals surface area contributed by atoms with Gasteiger partial charge in [-0.1, -0.05) is 0 Å². The SMILES string of the molecule is COc1c(C)cc(SC)cc1F. The number of aryl methyl sites for hydroxylation is 1. The third kappa shape index (κ3) is 1.72. The number of methoxy groups -OCH3 is 1. The molecule has 0 heterocycles. The maximum atomic E-state index is 13.2. The van der Waals surface area contributed by atoms with Crippen LogP contribution in [0.15, 0.2) is 17.0 Å². The molecule has 12 heavy (non-hydrogen) atoms. The molecule has 1 aromatic rings. The smallest absolute Gasteiger partial charge is 0.166 e. The number of halogens is 1. The van der Waals surface area contributed by atoms with E-state index in [1.165, 1.54) is 24.9 Å². The van der Waals surface area contributed by atoms with Gasteiger partial charge in [-0.2, -0.15) is 0 Å². The maximum Gasteiger partial charge on any atom is 0.166 e. The van der Waals surface area contributed by atoms with Gasteiger partial charge < -0.3 is 4.74 Å². The molecule has 0 fully saturated rings. The summed E-state index contributed by atoms with van der Waals surface area (Å²) in [6.45, 7) is 1.83. The Hall–Kier alpha value is -0.700. The van der Waals surface area contributed by atoms with Gasteiger partial charge in [-0.3, -0.25) is 0 Å². The van der Waals surface area contributed by atoms with Crippen LogP contribution in [0, 0.1) is 12.7 Å². The lowest BCUT2D eigenvalue weighted by molar-refractivity contribution is 0.382. The summed E-state index contributed by atoms with van der Waals surface area (Å²) >= 11 is 1.52. The summed E-state index contributed by atoms with van der Waals surface area (Å²) in [5.41, 5.74) is 0.835. The van der Waals surface area contributed by atoms with Crippen LogP contribution in [0.4, 0.5) is 4.39 Å². The second-order valence-electron chi connectivity index (χ2n) is 2.46. The highest BCUT2D eigenvalue weighted by molar-refractivity contribution is 7.98. The first-order valence-electron chi connectivity index (χ1n) is 3.57. The first kappa shape index (κ1) is 9.39. The third-order valence-electron chi connectivity index (χ3n) is 1.64. The molecule has 0 aliphatic rings. The van der Waals surface area contributed by atoms with Gasteiger partial charge in [0.1, 0.15) is 0 Å². The van der Waals surface area contributed by atoms with Crippen molar-refractivity contribution >= 4 is 11.8 Å². The molecule has 0 atom stereocenters. The highest BCUT2D eigenvalue weighted by atomic mass is 32.2. The average molecular weight is 186 g/mol. The fourth-order valence-electron chi connectivity index (χ4n) is 1.08. The van der Waals surface area contributed by atoms with Crippen LogP contribution in [0.25, 0.3) is 0 Å². The Labute approximate surface area is 75.9 Å². The van der Waals surface area contributed by atoms with Gasteiger partial charge in [0.2, 0.25) is 0 Å². The van der Waals surface area contributed by atoms with Crippen LogP contribution >= 0.6 is 11.8 Å². The van der Waals surface area contributed by atoms with Crippen LogP contribution in [0.1, 0.15) is 5.56 Å². The van der Waals surface area contributed by atoms with Crippen LogP contribution in [0.2, 0.25) is 0 Å². The molecular weight excluding hydrogens is 175 g/mol. The van der Waals surface area contributed by atoms with Crippen molar-refractivity contribution in [3.05, 3.63) is 23.5 Å². The molecular formula is C9H11FOS. The highest BCUT2D eigenvalue weighted by Crippen LogP contribution is 2.27. The van der Waals surface area contributed by atoms with Crippen LogP contribution in [-0.2, 0) is 0 Å². The van der Waals surface area contributed by atoms with E-state index in [9.17, 15) is 4.39 Å². The number of hydrogen-bond donors (Lipinski definition) is 0. The number of thioether (sulfide) groups is 1. The van der Waals surface area contributed by atoms with Gasteiger partial charge in [0, 0.05) is 4.90 Å². The molecule has 0 aromatic heterocycles. The molecule has 0 aliphatic heterocycles. The van der Waals surface area contributed by atoms with Gasteiger partial charge in [0.05, 0.1) is 7.11 Å². The lowest BCUT2D eigenvalue weighted by Crippen LogP contribution is -1.91. The van der Waals surface area contributed by atoms with Crippen molar-refractivity contribution in [3.8, 4) is 5.75 Å². The minimum absolute atomic E-state index is 0.290. The van der Waals surface area contributed by atoms with E-state index < -0.39 is 0 Å². The van der Waals surface area contributed by atoms with Crippen molar-refractivity contribution in [2.45, 2.75) is 11.8 Å². The van der Waals surface area contributed by atoms with Crippen molar-refractivity contribution in [1.29, 1.82) is 0 Å². The van der Waals surface area contributed by atoms with E-state index in [0.717, 1.165) is 10.5 Å². The van der Waals surface area contributed by atoms with Crippen LogP contribution < -0.4 is 4.74 Å². The fraction of sp³-hybridized carbons (Fsp3) is 0.333. The number of hydrogen-bond acceptors (Lipinski definition) is 2. The van der Waals surface area contributed by atoms with Gasteiger partial charge in [-0.05, 0) is 30.9 Å². The van der Waals surface area contributed by atoms with E-state index in [4.69, 9.17) is 4.74 Å². The molecule has 0 saturated carbocycles. The molecule has 3 heteroatoms. The zero-order valence-electron chi connectivity index (χ0n) is 7.35.